The Labute approximate surface area is 123 Å². The van der Waals surface area contributed by atoms with Gasteiger partial charge in [-0.1, -0.05) is 45.4 Å². The second-order valence-corrected chi connectivity index (χ2v) is 5.48. The number of aryl methyl sites for hydroxylation is 1. The number of ketones is 1. The molecule has 0 fully saturated rings. The standard InChI is InChI=1S/C18H28O2/c1-4-5-6-7-8-9-10-11-17(19)16-12-13-18(20-3)15(2)14-16/h12-14H,4-11H2,1-3H3. The molecule has 112 valence electrons. The van der Waals surface area contributed by atoms with Crippen molar-refractivity contribution in [2.24, 2.45) is 0 Å². The van der Waals surface area contributed by atoms with Gasteiger partial charge in [-0.2, -0.15) is 0 Å². The lowest BCUT2D eigenvalue weighted by Gasteiger charge is -2.07. The summed E-state index contributed by atoms with van der Waals surface area (Å²) in [6.07, 6.45) is 9.38. The minimum absolute atomic E-state index is 0.254. The first-order valence-corrected chi connectivity index (χ1v) is 7.87. The molecule has 0 saturated carbocycles. The fourth-order valence-electron chi connectivity index (χ4n) is 2.44. The number of ether oxygens (including phenoxy) is 1. The topological polar surface area (TPSA) is 26.3 Å². The summed E-state index contributed by atoms with van der Waals surface area (Å²) in [7, 11) is 1.66. The zero-order valence-corrected chi connectivity index (χ0v) is 13.2. The molecule has 0 aliphatic heterocycles. The number of hydrogen-bond acceptors (Lipinski definition) is 2. The second kappa shape index (κ2) is 9.57. The molecule has 0 aliphatic rings. The van der Waals surface area contributed by atoms with E-state index in [4.69, 9.17) is 4.74 Å². The highest BCUT2D eigenvalue weighted by atomic mass is 16.5. The molecule has 0 amide bonds. The maximum atomic E-state index is 12.1. The van der Waals surface area contributed by atoms with Crippen LogP contribution >= 0.6 is 0 Å². The Morgan fingerprint density at radius 2 is 1.70 bits per heavy atom. The maximum absolute atomic E-state index is 12.1. The molecule has 0 N–H and O–H groups in total. The molecule has 0 unspecified atom stereocenters. The summed E-state index contributed by atoms with van der Waals surface area (Å²) in [6, 6.07) is 5.69. The van der Waals surface area contributed by atoms with Crippen molar-refractivity contribution >= 4 is 5.78 Å². The molecule has 0 atom stereocenters. The molecule has 1 aromatic carbocycles. The van der Waals surface area contributed by atoms with Gasteiger partial charge in [-0.25, -0.2) is 0 Å². The molecule has 1 aromatic rings. The quantitative estimate of drug-likeness (QED) is 0.426. The highest BCUT2D eigenvalue weighted by molar-refractivity contribution is 5.96. The van der Waals surface area contributed by atoms with Crippen molar-refractivity contribution < 1.29 is 9.53 Å². The monoisotopic (exact) mass is 276 g/mol. The maximum Gasteiger partial charge on any atom is 0.162 e. The van der Waals surface area contributed by atoms with Crippen molar-refractivity contribution in [3.8, 4) is 5.75 Å². The Balaban J connectivity index is 2.27. The molecule has 2 nitrogen and oxygen atoms in total. The molecule has 1 rings (SSSR count). The first kappa shape index (κ1) is 16.7. The van der Waals surface area contributed by atoms with Crippen LogP contribution in [0.3, 0.4) is 0 Å². The van der Waals surface area contributed by atoms with Crippen molar-refractivity contribution in [2.45, 2.75) is 65.2 Å². The largest absolute Gasteiger partial charge is 0.496 e. The van der Waals surface area contributed by atoms with Gasteiger partial charge in [-0.15, -0.1) is 0 Å². The van der Waals surface area contributed by atoms with Crippen LogP contribution in [0.1, 0.15) is 74.2 Å². The zero-order chi connectivity index (χ0) is 14.8. The van der Waals surface area contributed by atoms with Gasteiger partial charge in [0.1, 0.15) is 5.75 Å². The lowest BCUT2D eigenvalue weighted by Crippen LogP contribution is -2.00. The summed E-state index contributed by atoms with van der Waals surface area (Å²) in [5.41, 5.74) is 1.84. The van der Waals surface area contributed by atoms with Crippen molar-refractivity contribution in [3.05, 3.63) is 29.3 Å². The van der Waals surface area contributed by atoms with Crippen molar-refractivity contribution in [1.29, 1.82) is 0 Å². The van der Waals surface area contributed by atoms with Crippen LogP contribution in [0.2, 0.25) is 0 Å². The first-order valence-electron chi connectivity index (χ1n) is 7.87. The van der Waals surface area contributed by atoms with Crippen LogP contribution in [0.25, 0.3) is 0 Å². The number of Topliss-reactive ketones (excluding diaryl/α,β-unsaturated/α-hetero) is 1. The normalized spacial score (nSPS) is 10.6. The van der Waals surface area contributed by atoms with E-state index in [1.165, 1.54) is 38.5 Å². The van der Waals surface area contributed by atoms with Crippen LogP contribution < -0.4 is 4.74 Å². The number of carbonyl (C=O) groups excluding carboxylic acids is 1. The number of rotatable bonds is 10. The van der Waals surface area contributed by atoms with Crippen molar-refractivity contribution in [1.82, 2.24) is 0 Å². The Morgan fingerprint density at radius 3 is 2.30 bits per heavy atom. The molecule has 0 aliphatic carbocycles. The van der Waals surface area contributed by atoms with Gasteiger partial charge in [0.2, 0.25) is 0 Å². The van der Waals surface area contributed by atoms with Crippen molar-refractivity contribution in [3.63, 3.8) is 0 Å². The number of benzene rings is 1. The summed E-state index contributed by atoms with van der Waals surface area (Å²) in [4.78, 5) is 12.1. The molecule has 0 aromatic heterocycles. The molecular weight excluding hydrogens is 248 g/mol. The van der Waals surface area contributed by atoms with E-state index in [2.05, 4.69) is 6.92 Å². The van der Waals surface area contributed by atoms with Crippen LogP contribution in [-0.4, -0.2) is 12.9 Å². The molecule has 0 saturated heterocycles. The van der Waals surface area contributed by atoms with Gasteiger partial charge in [0, 0.05) is 12.0 Å². The van der Waals surface area contributed by atoms with Crippen LogP contribution in [0.15, 0.2) is 18.2 Å². The predicted molar refractivity (Wildman–Crippen MR) is 84.7 cm³/mol. The average molecular weight is 276 g/mol. The minimum Gasteiger partial charge on any atom is -0.496 e. The minimum atomic E-state index is 0.254. The molecule has 0 bridgehead atoms. The lowest BCUT2D eigenvalue weighted by molar-refractivity contribution is 0.0979. The average Bonchev–Trinajstić information content (AvgIpc) is 2.46. The Kier molecular flexibility index (Phi) is 8.01. The van der Waals surface area contributed by atoms with Crippen LogP contribution in [0.5, 0.6) is 5.75 Å². The molecular formula is C18H28O2. The molecule has 0 spiro atoms. The highest BCUT2D eigenvalue weighted by Gasteiger charge is 2.07. The van der Waals surface area contributed by atoms with Crippen LogP contribution in [0.4, 0.5) is 0 Å². The highest BCUT2D eigenvalue weighted by Crippen LogP contribution is 2.20. The van der Waals surface area contributed by atoms with Gasteiger partial charge in [0.15, 0.2) is 5.78 Å². The summed E-state index contributed by atoms with van der Waals surface area (Å²) in [5, 5.41) is 0. The lowest BCUT2D eigenvalue weighted by atomic mass is 10.0. The van der Waals surface area contributed by atoms with Crippen LogP contribution in [-0.2, 0) is 0 Å². The third kappa shape index (κ3) is 5.77. The third-order valence-corrected chi connectivity index (χ3v) is 3.72. The van der Waals surface area contributed by atoms with Gasteiger partial charge in [0.25, 0.3) is 0 Å². The molecule has 2 heteroatoms. The van der Waals surface area contributed by atoms with E-state index < -0.39 is 0 Å². The third-order valence-electron chi connectivity index (χ3n) is 3.72. The van der Waals surface area contributed by atoms with Gasteiger partial charge in [-0.3, -0.25) is 4.79 Å². The summed E-state index contributed by atoms with van der Waals surface area (Å²) >= 11 is 0. The number of unbranched alkanes of at least 4 members (excludes halogenated alkanes) is 6. The number of carbonyl (C=O) groups is 1. The van der Waals surface area contributed by atoms with E-state index in [1.807, 2.05) is 25.1 Å². The van der Waals surface area contributed by atoms with Gasteiger partial charge in [-0.05, 0) is 37.1 Å². The van der Waals surface area contributed by atoms with Gasteiger partial charge >= 0.3 is 0 Å². The molecule has 20 heavy (non-hydrogen) atoms. The van der Waals surface area contributed by atoms with Crippen molar-refractivity contribution in [2.75, 3.05) is 7.11 Å². The van der Waals surface area contributed by atoms with E-state index in [-0.39, 0.29) is 5.78 Å². The van der Waals surface area contributed by atoms with E-state index in [0.717, 1.165) is 23.3 Å². The van der Waals surface area contributed by atoms with E-state index >= 15 is 0 Å². The van der Waals surface area contributed by atoms with Crippen LogP contribution in [0, 0.1) is 6.92 Å². The Hall–Kier alpha value is -1.31. The van der Waals surface area contributed by atoms with Gasteiger partial charge < -0.3 is 4.74 Å². The van der Waals surface area contributed by atoms with E-state index in [1.54, 1.807) is 7.11 Å². The fraction of sp³-hybridized carbons (Fsp3) is 0.611. The predicted octanol–water partition coefficient (Wildman–Crippen LogP) is 5.33. The SMILES string of the molecule is CCCCCCCCCC(=O)c1ccc(OC)c(C)c1. The number of hydrogen-bond donors (Lipinski definition) is 0. The summed E-state index contributed by atoms with van der Waals surface area (Å²) in [5.74, 6) is 1.10. The summed E-state index contributed by atoms with van der Waals surface area (Å²) in [6.45, 7) is 4.21. The number of methoxy groups -OCH3 is 1. The fourth-order valence-corrected chi connectivity index (χ4v) is 2.44. The molecule has 0 heterocycles. The Bertz CT molecular complexity index is 410. The summed E-state index contributed by atoms with van der Waals surface area (Å²) < 4.78 is 5.21. The van der Waals surface area contributed by atoms with Gasteiger partial charge in [0.05, 0.1) is 7.11 Å². The second-order valence-electron chi connectivity index (χ2n) is 5.48. The zero-order valence-electron chi connectivity index (χ0n) is 13.2. The smallest absolute Gasteiger partial charge is 0.162 e. The van der Waals surface area contributed by atoms with E-state index in [9.17, 15) is 4.79 Å². The first-order chi connectivity index (χ1) is 9.69. The Morgan fingerprint density at radius 1 is 1.05 bits per heavy atom. The molecule has 0 radical (unpaired) electrons. The van der Waals surface area contributed by atoms with E-state index in [0.29, 0.717) is 6.42 Å².